The Kier molecular flexibility index (Phi) is 6.16. The number of nitrogens with one attached hydrogen (secondary N) is 1. The summed E-state index contributed by atoms with van der Waals surface area (Å²) in [6, 6.07) is 52.2. The molecule has 7 aromatic rings. The molecule has 0 aliphatic carbocycles. The molecular formula is C39H27N3O. The predicted molar refractivity (Wildman–Crippen MR) is 176 cm³/mol. The molecule has 1 aliphatic rings. The number of para-hydroxylation sites is 1. The lowest BCUT2D eigenvalue weighted by molar-refractivity contribution is 0.669. The van der Waals surface area contributed by atoms with E-state index < -0.39 is 6.17 Å². The highest BCUT2D eigenvalue weighted by Gasteiger charge is 2.24. The van der Waals surface area contributed by atoms with Gasteiger partial charge in [0.05, 0.1) is 0 Å². The van der Waals surface area contributed by atoms with Gasteiger partial charge in [-0.25, -0.2) is 9.98 Å². The molecule has 1 aliphatic heterocycles. The number of benzene rings is 6. The van der Waals surface area contributed by atoms with Gasteiger partial charge in [0.2, 0.25) is 0 Å². The van der Waals surface area contributed by atoms with Crippen LogP contribution in [0.3, 0.4) is 0 Å². The molecule has 1 N–H and O–H groups in total. The van der Waals surface area contributed by atoms with Crippen LogP contribution in [0.5, 0.6) is 0 Å². The Hall–Kier alpha value is -5.74. The highest BCUT2D eigenvalue weighted by molar-refractivity contribution is 6.24. The molecule has 1 unspecified atom stereocenters. The van der Waals surface area contributed by atoms with E-state index >= 15 is 0 Å². The number of aliphatic imine (C=N–C) groups is 2. The summed E-state index contributed by atoms with van der Waals surface area (Å²) in [4.78, 5) is 10.4. The van der Waals surface area contributed by atoms with E-state index in [4.69, 9.17) is 14.4 Å². The van der Waals surface area contributed by atoms with Crippen molar-refractivity contribution in [3.8, 4) is 22.3 Å². The third-order valence-corrected chi connectivity index (χ3v) is 7.94. The fraction of sp³-hybridized carbons (Fsp3) is 0.0256. The van der Waals surface area contributed by atoms with Crippen molar-refractivity contribution >= 4 is 33.6 Å². The van der Waals surface area contributed by atoms with E-state index in [1.165, 1.54) is 5.56 Å². The van der Waals surface area contributed by atoms with Crippen molar-refractivity contribution in [1.29, 1.82) is 0 Å². The fourth-order valence-electron chi connectivity index (χ4n) is 5.80. The Morgan fingerprint density at radius 1 is 0.465 bits per heavy atom. The lowest BCUT2D eigenvalue weighted by Gasteiger charge is -2.23. The number of hydrogen-bond acceptors (Lipinski definition) is 4. The van der Waals surface area contributed by atoms with E-state index in [9.17, 15) is 0 Å². The van der Waals surface area contributed by atoms with Gasteiger partial charge in [-0.05, 0) is 46.0 Å². The van der Waals surface area contributed by atoms with Crippen molar-refractivity contribution in [2.24, 2.45) is 9.98 Å². The van der Waals surface area contributed by atoms with Crippen LogP contribution in [-0.2, 0) is 0 Å². The van der Waals surface area contributed by atoms with Crippen LogP contribution in [0.2, 0.25) is 0 Å². The van der Waals surface area contributed by atoms with Crippen LogP contribution in [0.25, 0.3) is 44.2 Å². The van der Waals surface area contributed by atoms with Crippen LogP contribution in [0.15, 0.2) is 166 Å². The van der Waals surface area contributed by atoms with Gasteiger partial charge in [-0.3, -0.25) is 0 Å². The second-order valence-electron chi connectivity index (χ2n) is 10.7. The Labute approximate surface area is 249 Å². The summed E-state index contributed by atoms with van der Waals surface area (Å²) in [5.41, 5.74) is 9.23. The molecule has 0 saturated heterocycles. The molecule has 6 aromatic carbocycles. The summed E-state index contributed by atoms with van der Waals surface area (Å²) >= 11 is 0. The van der Waals surface area contributed by atoms with E-state index in [0.717, 1.165) is 67.0 Å². The molecule has 4 nitrogen and oxygen atoms in total. The number of rotatable bonds is 5. The Bertz CT molecular complexity index is 2130. The van der Waals surface area contributed by atoms with Gasteiger partial charge in [0, 0.05) is 21.9 Å². The first-order valence-corrected chi connectivity index (χ1v) is 14.4. The molecule has 0 amide bonds. The summed E-state index contributed by atoms with van der Waals surface area (Å²) in [6.45, 7) is 0. The molecule has 0 radical (unpaired) electrons. The average molecular weight is 554 g/mol. The van der Waals surface area contributed by atoms with E-state index in [-0.39, 0.29) is 0 Å². The first-order valence-electron chi connectivity index (χ1n) is 14.4. The zero-order valence-corrected chi connectivity index (χ0v) is 23.3. The topological polar surface area (TPSA) is 49.9 Å². The van der Waals surface area contributed by atoms with Crippen LogP contribution in [-0.4, -0.2) is 11.7 Å². The average Bonchev–Trinajstić information content (AvgIpc) is 3.47. The van der Waals surface area contributed by atoms with Crippen molar-refractivity contribution in [1.82, 2.24) is 5.32 Å². The summed E-state index contributed by atoms with van der Waals surface area (Å²) in [6.07, 6.45) is -0.412. The minimum Gasteiger partial charge on any atom is -0.456 e. The Morgan fingerprint density at radius 2 is 1.02 bits per heavy atom. The van der Waals surface area contributed by atoms with Gasteiger partial charge in [-0.1, -0.05) is 133 Å². The number of fused-ring (bicyclic) bond motifs is 3. The molecule has 2 heterocycles. The number of furan rings is 1. The molecule has 8 rings (SSSR count). The lowest BCUT2D eigenvalue weighted by atomic mass is 9.97. The SMILES string of the molecule is c1ccc(C2=NC(c3ccc(-c4ccccc4)cc3)N=C(c3cc(-c4ccccc4)cc4oc5ccccc5c34)N2)cc1. The molecule has 1 atom stereocenters. The second kappa shape index (κ2) is 10.6. The minimum atomic E-state index is -0.412. The van der Waals surface area contributed by atoms with Crippen LogP contribution in [0.1, 0.15) is 22.9 Å². The second-order valence-corrected chi connectivity index (χ2v) is 10.7. The van der Waals surface area contributed by atoms with Crippen LogP contribution in [0, 0.1) is 0 Å². The lowest BCUT2D eigenvalue weighted by Crippen LogP contribution is -2.36. The third kappa shape index (κ3) is 4.69. The highest BCUT2D eigenvalue weighted by Crippen LogP contribution is 2.37. The van der Waals surface area contributed by atoms with E-state index in [1.807, 2.05) is 42.5 Å². The molecule has 43 heavy (non-hydrogen) atoms. The molecule has 0 fully saturated rings. The number of nitrogens with zero attached hydrogens (tertiary/aromatic N) is 2. The summed E-state index contributed by atoms with van der Waals surface area (Å²) in [5.74, 6) is 1.55. The van der Waals surface area contributed by atoms with E-state index in [0.29, 0.717) is 0 Å². The summed E-state index contributed by atoms with van der Waals surface area (Å²) < 4.78 is 6.41. The van der Waals surface area contributed by atoms with Gasteiger partial charge >= 0.3 is 0 Å². The smallest absolute Gasteiger partial charge is 0.169 e. The van der Waals surface area contributed by atoms with Gasteiger partial charge in [-0.15, -0.1) is 0 Å². The Balaban J connectivity index is 1.31. The molecule has 4 heteroatoms. The zero-order valence-electron chi connectivity index (χ0n) is 23.3. The first-order chi connectivity index (χ1) is 21.3. The van der Waals surface area contributed by atoms with E-state index in [2.05, 4.69) is 115 Å². The Morgan fingerprint density at radius 3 is 1.72 bits per heavy atom. The molecule has 0 bridgehead atoms. The maximum Gasteiger partial charge on any atom is 0.169 e. The van der Waals surface area contributed by atoms with Gasteiger partial charge in [-0.2, -0.15) is 0 Å². The molecule has 0 saturated carbocycles. The normalized spacial score (nSPS) is 14.7. The summed E-state index contributed by atoms with van der Waals surface area (Å²) in [5, 5.41) is 5.70. The summed E-state index contributed by atoms with van der Waals surface area (Å²) in [7, 11) is 0. The number of hydrogen-bond donors (Lipinski definition) is 1. The van der Waals surface area contributed by atoms with Crippen LogP contribution >= 0.6 is 0 Å². The van der Waals surface area contributed by atoms with Gasteiger partial charge < -0.3 is 9.73 Å². The molecular weight excluding hydrogens is 526 g/mol. The number of amidine groups is 2. The monoisotopic (exact) mass is 553 g/mol. The maximum absolute atomic E-state index is 6.41. The first kappa shape index (κ1) is 25.0. The molecule has 1 aromatic heterocycles. The van der Waals surface area contributed by atoms with Gasteiger partial charge in [0.15, 0.2) is 6.17 Å². The largest absolute Gasteiger partial charge is 0.456 e. The van der Waals surface area contributed by atoms with Gasteiger partial charge in [0.25, 0.3) is 0 Å². The van der Waals surface area contributed by atoms with Crippen LogP contribution in [0.4, 0.5) is 0 Å². The minimum absolute atomic E-state index is 0.412. The quantitative estimate of drug-likeness (QED) is 0.231. The van der Waals surface area contributed by atoms with Crippen molar-refractivity contribution in [2.75, 3.05) is 0 Å². The van der Waals surface area contributed by atoms with Crippen LogP contribution < -0.4 is 5.32 Å². The standard InChI is InChI=1S/C39H27N3O/c1-4-12-26(13-5-1)28-20-22-30(23-21-28)38-40-37(29-16-8-3-9-17-29)41-39(42-38)33-24-31(27-14-6-2-7-15-27)25-35-36(33)32-18-10-11-19-34(32)43-35/h1-25,38H,(H,40,41,42). The van der Waals surface area contributed by atoms with Crippen molar-refractivity contribution in [2.45, 2.75) is 6.17 Å². The molecule has 0 spiro atoms. The van der Waals surface area contributed by atoms with Crippen molar-refractivity contribution in [3.63, 3.8) is 0 Å². The third-order valence-electron chi connectivity index (χ3n) is 7.94. The van der Waals surface area contributed by atoms with E-state index in [1.54, 1.807) is 0 Å². The fourth-order valence-corrected chi connectivity index (χ4v) is 5.80. The van der Waals surface area contributed by atoms with Crippen molar-refractivity contribution in [3.05, 3.63) is 168 Å². The highest BCUT2D eigenvalue weighted by atomic mass is 16.3. The van der Waals surface area contributed by atoms with Crippen molar-refractivity contribution < 1.29 is 4.42 Å². The van der Waals surface area contributed by atoms with Gasteiger partial charge in [0.1, 0.15) is 22.8 Å². The molecule has 204 valence electrons. The predicted octanol–water partition coefficient (Wildman–Crippen LogP) is 9.42. The zero-order chi connectivity index (χ0) is 28.6. The maximum atomic E-state index is 6.41.